The molecule has 0 spiro atoms. The Bertz CT molecular complexity index is 519. The maximum absolute atomic E-state index is 5.84. The SMILES string of the molecule is CCCNC(c1cnns1)c1ccccc1OCCOC. The van der Waals surface area contributed by atoms with E-state index < -0.39 is 0 Å². The highest BCUT2D eigenvalue weighted by Crippen LogP contribution is 2.31. The van der Waals surface area contributed by atoms with Crippen LogP contribution in [0.15, 0.2) is 30.5 Å². The Labute approximate surface area is 129 Å². The van der Waals surface area contributed by atoms with Crippen molar-refractivity contribution in [2.75, 3.05) is 26.9 Å². The van der Waals surface area contributed by atoms with E-state index in [0.29, 0.717) is 13.2 Å². The molecule has 0 fully saturated rings. The fourth-order valence-corrected chi connectivity index (χ4v) is 2.64. The molecule has 1 heterocycles. The van der Waals surface area contributed by atoms with Gasteiger partial charge in [-0.2, -0.15) is 0 Å². The van der Waals surface area contributed by atoms with Crippen LogP contribution in [0.4, 0.5) is 0 Å². The third kappa shape index (κ3) is 4.49. The Hall–Kier alpha value is -1.50. The number of ether oxygens (including phenoxy) is 2. The highest BCUT2D eigenvalue weighted by molar-refractivity contribution is 7.05. The summed E-state index contributed by atoms with van der Waals surface area (Å²) in [7, 11) is 1.67. The van der Waals surface area contributed by atoms with Crippen LogP contribution in [-0.2, 0) is 4.74 Å². The summed E-state index contributed by atoms with van der Waals surface area (Å²) in [5, 5.41) is 7.49. The van der Waals surface area contributed by atoms with E-state index in [1.54, 1.807) is 7.11 Å². The van der Waals surface area contributed by atoms with Crippen molar-refractivity contribution < 1.29 is 9.47 Å². The van der Waals surface area contributed by atoms with Gasteiger partial charge in [0.25, 0.3) is 0 Å². The molecule has 0 saturated heterocycles. The molecule has 0 aliphatic heterocycles. The van der Waals surface area contributed by atoms with Gasteiger partial charge in [0.15, 0.2) is 0 Å². The molecule has 0 saturated carbocycles. The minimum atomic E-state index is 0.0590. The van der Waals surface area contributed by atoms with Gasteiger partial charge in [-0.1, -0.05) is 29.6 Å². The standard InChI is InChI=1S/C15H21N3O2S/c1-3-8-16-15(14-11-17-18-21-14)12-6-4-5-7-13(12)20-10-9-19-2/h4-7,11,15-16H,3,8-10H2,1-2H3. The largest absolute Gasteiger partial charge is 0.491 e. The van der Waals surface area contributed by atoms with Crippen LogP contribution >= 0.6 is 11.5 Å². The fourth-order valence-electron chi connectivity index (χ4n) is 2.04. The summed E-state index contributed by atoms with van der Waals surface area (Å²) in [6.45, 7) is 4.18. The predicted octanol–water partition coefficient (Wildman–Crippen LogP) is 2.65. The molecule has 1 aromatic carbocycles. The zero-order chi connectivity index (χ0) is 14.9. The summed E-state index contributed by atoms with van der Waals surface area (Å²) >= 11 is 1.41. The molecule has 2 rings (SSSR count). The van der Waals surface area contributed by atoms with Gasteiger partial charge in [0.1, 0.15) is 12.4 Å². The van der Waals surface area contributed by atoms with Crippen LogP contribution in [0.25, 0.3) is 0 Å². The van der Waals surface area contributed by atoms with Crippen LogP contribution in [0.1, 0.15) is 29.8 Å². The molecule has 1 unspecified atom stereocenters. The summed E-state index contributed by atoms with van der Waals surface area (Å²) in [6.07, 6.45) is 2.87. The van der Waals surface area contributed by atoms with Gasteiger partial charge in [0, 0.05) is 12.7 Å². The first-order valence-corrected chi connectivity index (χ1v) is 7.85. The minimum absolute atomic E-state index is 0.0590. The number of para-hydroxylation sites is 1. The van der Waals surface area contributed by atoms with E-state index in [1.165, 1.54) is 11.5 Å². The van der Waals surface area contributed by atoms with Crippen molar-refractivity contribution in [1.29, 1.82) is 0 Å². The lowest BCUT2D eigenvalue weighted by molar-refractivity contribution is 0.145. The summed E-state index contributed by atoms with van der Waals surface area (Å²) < 4.78 is 14.9. The maximum atomic E-state index is 5.84. The van der Waals surface area contributed by atoms with Gasteiger partial charge >= 0.3 is 0 Å². The summed E-state index contributed by atoms with van der Waals surface area (Å²) in [4.78, 5) is 1.09. The Balaban J connectivity index is 2.22. The lowest BCUT2D eigenvalue weighted by Crippen LogP contribution is -2.23. The molecule has 0 amide bonds. The molecule has 114 valence electrons. The van der Waals surface area contributed by atoms with Crippen molar-refractivity contribution in [2.24, 2.45) is 0 Å². The van der Waals surface area contributed by atoms with Gasteiger partial charge in [0.2, 0.25) is 0 Å². The third-order valence-corrected chi connectivity index (χ3v) is 3.76. The number of hydrogen-bond donors (Lipinski definition) is 1. The summed E-state index contributed by atoms with van der Waals surface area (Å²) in [5.74, 6) is 0.872. The van der Waals surface area contributed by atoms with Gasteiger partial charge < -0.3 is 14.8 Å². The maximum Gasteiger partial charge on any atom is 0.124 e. The number of nitrogens with one attached hydrogen (secondary N) is 1. The number of nitrogens with zero attached hydrogens (tertiary/aromatic N) is 2. The molecular formula is C15H21N3O2S. The van der Waals surface area contributed by atoms with E-state index in [9.17, 15) is 0 Å². The highest BCUT2D eigenvalue weighted by atomic mass is 32.1. The van der Waals surface area contributed by atoms with Gasteiger partial charge in [-0.15, -0.1) is 5.10 Å². The number of hydrogen-bond acceptors (Lipinski definition) is 6. The second-order valence-electron chi connectivity index (χ2n) is 4.59. The normalized spacial score (nSPS) is 12.3. The van der Waals surface area contributed by atoms with Crippen molar-refractivity contribution in [3.63, 3.8) is 0 Å². The fraction of sp³-hybridized carbons (Fsp3) is 0.467. The van der Waals surface area contributed by atoms with Gasteiger partial charge in [-0.3, -0.25) is 0 Å². The quantitative estimate of drug-likeness (QED) is 0.722. The molecule has 1 N–H and O–H groups in total. The molecular weight excluding hydrogens is 286 g/mol. The Morgan fingerprint density at radius 1 is 1.29 bits per heavy atom. The second kappa shape index (κ2) is 8.71. The Morgan fingerprint density at radius 2 is 2.14 bits per heavy atom. The smallest absolute Gasteiger partial charge is 0.124 e. The first kappa shape index (κ1) is 15.9. The first-order valence-electron chi connectivity index (χ1n) is 7.08. The number of aromatic nitrogens is 2. The van der Waals surface area contributed by atoms with E-state index in [4.69, 9.17) is 9.47 Å². The van der Waals surface area contributed by atoms with E-state index in [-0.39, 0.29) is 6.04 Å². The van der Waals surface area contributed by atoms with Gasteiger partial charge in [0.05, 0.1) is 23.7 Å². The van der Waals surface area contributed by atoms with Crippen LogP contribution in [-0.4, -0.2) is 36.5 Å². The van der Waals surface area contributed by atoms with Gasteiger partial charge in [-0.05, 0) is 30.6 Å². The molecule has 0 aliphatic carbocycles. The van der Waals surface area contributed by atoms with E-state index in [2.05, 4.69) is 27.9 Å². The zero-order valence-corrected chi connectivity index (χ0v) is 13.2. The lowest BCUT2D eigenvalue weighted by atomic mass is 10.0. The van der Waals surface area contributed by atoms with Gasteiger partial charge in [-0.25, -0.2) is 0 Å². The molecule has 2 aromatic rings. The lowest BCUT2D eigenvalue weighted by Gasteiger charge is -2.20. The predicted molar refractivity (Wildman–Crippen MR) is 83.9 cm³/mol. The Kier molecular flexibility index (Phi) is 6.59. The average molecular weight is 307 g/mol. The second-order valence-corrected chi connectivity index (χ2v) is 5.40. The molecule has 5 nitrogen and oxygen atoms in total. The third-order valence-electron chi connectivity index (χ3n) is 3.04. The topological polar surface area (TPSA) is 56.3 Å². The van der Waals surface area contributed by atoms with Crippen molar-refractivity contribution in [2.45, 2.75) is 19.4 Å². The van der Waals surface area contributed by atoms with E-state index in [1.807, 2.05) is 24.4 Å². The molecule has 0 bridgehead atoms. The minimum Gasteiger partial charge on any atom is -0.491 e. The van der Waals surface area contributed by atoms with E-state index in [0.717, 1.165) is 29.2 Å². The summed E-state index contributed by atoms with van der Waals surface area (Å²) in [5.41, 5.74) is 1.10. The first-order chi connectivity index (χ1) is 10.4. The number of benzene rings is 1. The molecule has 1 atom stereocenters. The Morgan fingerprint density at radius 3 is 2.86 bits per heavy atom. The molecule has 1 aromatic heterocycles. The van der Waals surface area contributed by atoms with Crippen LogP contribution in [0, 0.1) is 0 Å². The average Bonchev–Trinajstić information content (AvgIpc) is 3.03. The molecule has 0 radical (unpaired) electrons. The number of rotatable bonds is 9. The summed E-state index contributed by atoms with van der Waals surface area (Å²) in [6, 6.07) is 8.12. The van der Waals surface area contributed by atoms with Crippen molar-refractivity contribution >= 4 is 11.5 Å². The number of methoxy groups -OCH3 is 1. The van der Waals surface area contributed by atoms with Crippen molar-refractivity contribution in [3.05, 3.63) is 40.9 Å². The molecule has 0 aliphatic rings. The van der Waals surface area contributed by atoms with Crippen LogP contribution in [0.5, 0.6) is 5.75 Å². The van der Waals surface area contributed by atoms with E-state index >= 15 is 0 Å². The van der Waals surface area contributed by atoms with Crippen LogP contribution < -0.4 is 10.1 Å². The van der Waals surface area contributed by atoms with Crippen LogP contribution in [0.2, 0.25) is 0 Å². The molecule has 6 heteroatoms. The van der Waals surface area contributed by atoms with Crippen LogP contribution in [0.3, 0.4) is 0 Å². The molecule has 21 heavy (non-hydrogen) atoms. The monoisotopic (exact) mass is 307 g/mol. The van der Waals surface area contributed by atoms with Crippen molar-refractivity contribution in [1.82, 2.24) is 14.9 Å². The zero-order valence-electron chi connectivity index (χ0n) is 12.4. The highest BCUT2D eigenvalue weighted by Gasteiger charge is 2.19. The van der Waals surface area contributed by atoms with Crippen molar-refractivity contribution in [3.8, 4) is 5.75 Å².